The van der Waals surface area contributed by atoms with Crippen molar-refractivity contribution in [3.8, 4) is 0 Å². The molecule has 1 aliphatic heterocycles. The molecule has 0 spiro atoms. The van der Waals surface area contributed by atoms with E-state index in [9.17, 15) is 0 Å². The second-order valence-electron chi connectivity index (χ2n) is 6.69. The fourth-order valence-electron chi connectivity index (χ4n) is 3.69. The number of aryl methyl sites for hydroxylation is 1. The average Bonchev–Trinajstić information content (AvgIpc) is 2.85. The molecule has 5 nitrogen and oxygen atoms in total. The van der Waals surface area contributed by atoms with Crippen molar-refractivity contribution in [2.45, 2.75) is 39.3 Å². The van der Waals surface area contributed by atoms with E-state index in [1.165, 1.54) is 23.2 Å². The zero-order chi connectivity index (χ0) is 17.1. The van der Waals surface area contributed by atoms with E-state index in [0.717, 1.165) is 31.0 Å². The Balaban J connectivity index is 1.65. The summed E-state index contributed by atoms with van der Waals surface area (Å²) in [6, 6.07) is 8.73. The second kappa shape index (κ2) is 7.36. The smallest absolute Gasteiger partial charge is 0.0644 e. The van der Waals surface area contributed by atoms with Gasteiger partial charge in [0.05, 0.1) is 18.8 Å². The summed E-state index contributed by atoms with van der Waals surface area (Å²) in [5, 5.41) is 17.3. The van der Waals surface area contributed by atoms with Crippen LogP contribution in [0.3, 0.4) is 0 Å². The Morgan fingerprint density at radius 3 is 2.88 bits per heavy atom. The molecular formula is C19H28N4O. The van der Waals surface area contributed by atoms with E-state index in [4.69, 9.17) is 5.11 Å². The van der Waals surface area contributed by atoms with Crippen LogP contribution in [0.4, 0.5) is 5.69 Å². The second-order valence-corrected chi connectivity index (χ2v) is 6.69. The highest BCUT2D eigenvalue weighted by Gasteiger charge is 2.22. The van der Waals surface area contributed by atoms with Crippen LogP contribution in [0, 0.1) is 13.8 Å². The number of hydrogen-bond acceptors (Lipinski definition) is 4. The zero-order valence-corrected chi connectivity index (χ0v) is 14.9. The van der Waals surface area contributed by atoms with Crippen molar-refractivity contribution in [3.05, 3.63) is 46.8 Å². The normalized spacial score (nSPS) is 17.2. The fourth-order valence-corrected chi connectivity index (χ4v) is 3.69. The summed E-state index contributed by atoms with van der Waals surface area (Å²) < 4.78 is 1.90. The number of fused-ring (bicyclic) bond motifs is 1. The maximum atomic E-state index is 9.12. The number of aliphatic hydroxyl groups is 1. The summed E-state index contributed by atoms with van der Waals surface area (Å²) >= 11 is 0. The van der Waals surface area contributed by atoms with E-state index < -0.39 is 0 Å². The molecular weight excluding hydrogens is 300 g/mol. The SMILES string of the molecule is Cc1nn(CCO)c(C)c1CNC[C@H]1CCN(C)c2ccccc21. The summed E-state index contributed by atoms with van der Waals surface area (Å²) in [7, 11) is 2.17. The first-order valence-electron chi connectivity index (χ1n) is 8.76. The number of benzene rings is 1. The van der Waals surface area contributed by atoms with Crippen molar-refractivity contribution < 1.29 is 5.11 Å². The minimum absolute atomic E-state index is 0.126. The molecule has 1 aromatic heterocycles. The first kappa shape index (κ1) is 17.0. The molecule has 0 unspecified atom stereocenters. The monoisotopic (exact) mass is 328 g/mol. The molecule has 2 heterocycles. The third-order valence-electron chi connectivity index (χ3n) is 5.14. The number of nitrogens with one attached hydrogen (secondary N) is 1. The summed E-state index contributed by atoms with van der Waals surface area (Å²) in [5.41, 5.74) is 6.27. The highest BCUT2D eigenvalue weighted by Crippen LogP contribution is 2.33. The van der Waals surface area contributed by atoms with E-state index in [0.29, 0.717) is 12.5 Å². The Kier molecular flexibility index (Phi) is 5.21. The number of rotatable bonds is 6. The van der Waals surface area contributed by atoms with Crippen LogP contribution < -0.4 is 10.2 Å². The number of nitrogens with zero attached hydrogens (tertiary/aromatic N) is 3. The first-order valence-corrected chi connectivity index (χ1v) is 8.76. The summed E-state index contributed by atoms with van der Waals surface area (Å²) in [6.07, 6.45) is 1.18. The highest BCUT2D eigenvalue weighted by atomic mass is 16.3. The van der Waals surface area contributed by atoms with Crippen molar-refractivity contribution in [1.82, 2.24) is 15.1 Å². The van der Waals surface area contributed by atoms with Crippen LogP contribution in [0.5, 0.6) is 0 Å². The van der Waals surface area contributed by atoms with Crippen LogP contribution >= 0.6 is 0 Å². The van der Waals surface area contributed by atoms with Gasteiger partial charge < -0.3 is 15.3 Å². The quantitative estimate of drug-likeness (QED) is 0.854. The lowest BCUT2D eigenvalue weighted by molar-refractivity contribution is 0.267. The van der Waals surface area contributed by atoms with Crippen molar-refractivity contribution in [2.75, 3.05) is 31.6 Å². The van der Waals surface area contributed by atoms with Crippen LogP contribution in [0.1, 0.15) is 34.9 Å². The standard InChI is InChI=1S/C19H28N4O/c1-14-18(15(2)23(21-14)10-11-24)13-20-12-16-8-9-22(3)19-7-5-4-6-17(16)19/h4-7,16,20,24H,8-13H2,1-3H3/t16-/m1/s1. The summed E-state index contributed by atoms with van der Waals surface area (Å²) in [4.78, 5) is 2.35. The van der Waals surface area contributed by atoms with Gasteiger partial charge in [-0.25, -0.2) is 0 Å². The minimum Gasteiger partial charge on any atom is -0.394 e. The van der Waals surface area contributed by atoms with Gasteiger partial charge in [-0.15, -0.1) is 0 Å². The van der Waals surface area contributed by atoms with Crippen molar-refractivity contribution >= 4 is 5.69 Å². The number of aliphatic hydroxyl groups excluding tert-OH is 1. The van der Waals surface area contributed by atoms with E-state index in [2.05, 4.69) is 53.6 Å². The van der Waals surface area contributed by atoms with Gasteiger partial charge in [-0.2, -0.15) is 5.10 Å². The Bertz CT molecular complexity index is 695. The van der Waals surface area contributed by atoms with Gasteiger partial charge in [-0.05, 0) is 31.9 Å². The van der Waals surface area contributed by atoms with Gasteiger partial charge in [-0.3, -0.25) is 4.68 Å². The van der Waals surface area contributed by atoms with E-state index in [1.54, 1.807) is 0 Å². The summed E-state index contributed by atoms with van der Waals surface area (Å²) in [6.45, 7) is 7.73. The molecule has 2 aromatic rings. The molecule has 0 amide bonds. The van der Waals surface area contributed by atoms with Crippen molar-refractivity contribution in [2.24, 2.45) is 0 Å². The third kappa shape index (κ3) is 3.32. The van der Waals surface area contributed by atoms with Gasteiger partial charge in [0.2, 0.25) is 0 Å². The molecule has 0 aliphatic carbocycles. The molecule has 24 heavy (non-hydrogen) atoms. The fraction of sp³-hybridized carbons (Fsp3) is 0.526. The Hall–Kier alpha value is -1.85. The van der Waals surface area contributed by atoms with Crippen molar-refractivity contribution in [1.29, 1.82) is 0 Å². The molecule has 3 rings (SSSR count). The number of aromatic nitrogens is 2. The van der Waals surface area contributed by atoms with Gasteiger partial charge in [-0.1, -0.05) is 18.2 Å². The number of para-hydroxylation sites is 1. The van der Waals surface area contributed by atoms with Gasteiger partial charge in [0.25, 0.3) is 0 Å². The minimum atomic E-state index is 0.126. The van der Waals surface area contributed by atoms with E-state index >= 15 is 0 Å². The maximum Gasteiger partial charge on any atom is 0.0644 e. The van der Waals surface area contributed by atoms with E-state index in [-0.39, 0.29) is 6.61 Å². The molecule has 1 aliphatic rings. The first-order chi connectivity index (χ1) is 11.6. The van der Waals surface area contributed by atoms with E-state index in [1.807, 2.05) is 11.6 Å². The average molecular weight is 328 g/mol. The van der Waals surface area contributed by atoms with Crippen LogP contribution in [-0.4, -0.2) is 41.6 Å². The predicted molar refractivity (Wildman–Crippen MR) is 97.6 cm³/mol. The lowest BCUT2D eigenvalue weighted by atomic mass is 9.90. The molecule has 0 saturated heterocycles. The van der Waals surface area contributed by atoms with Gasteiger partial charge >= 0.3 is 0 Å². The zero-order valence-electron chi connectivity index (χ0n) is 14.9. The van der Waals surface area contributed by atoms with Crippen LogP contribution in [0.15, 0.2) is 24.3 Å². The lowest BCUT2D eigenvalue weighted by Gasteiger charge is -2.33. The summed E-state index contributed by atoms with van der Waals surface area (Å²) in [5.74, 6) is 0.561. The molecule has 0 fully saturated rings. The highest BCUT2D eigenvalue weighted by molar-refractivity contribution is 5.56. The number of hydrogen-bond donors (Lipinski definition) is 2. The van der Waals surface area contributed by atoms with Crippen LogP contribution in [0.25, 0.3) is 0 Å². The molecule has 0 bridgehead atoms. The van der Waals surface area contributed by atoms with Crippen molar-refractivity contribution in [3.63, 3.8) is 0 Å². The molecule has 1 atom stereocenters. The number of anilines is 1. The van der Waals surface area contributed by atoms with Crippen LogP contribution in [0.2, 0.25) is 0 Å². The van der Waals surface area contributed by atoms with Gasteiger partial charge in [0, 0.05) is 49.5 Å². The largest absolute Gasteiger partial charge is 0.394 e. The lowest BCUT2D eigenvalue weighted by Crippen LogP contribution is -2.32. The molecule has 0 radical (unpaired) electrons. The molecule has 2 N–H and O–H groups in total. The Morgan fingerprint density at radius 2 is 2.08 bits per heavy atom. The molecule has 1 aromatic carbocycles. The van der Waals surface area contributed by atoms with Crippen LogP contribution in [-0.2, 0) is 13.1 Å². The third-order valence-corrected chi connectivity index (χ3v) is 5.14. The maximum absolute atomic E-state index is 9.12. The Morgan fingerprint density at radius 1 is 1.29 bits per heavy atom. The predicted octanol–water partition coefficient (Wildman–Crippen LogP) is 2.21. The van der Waals surface area contributed by atoms with Gasteiger partial charge in [0.1, 0.15) is 0 Å². The molecule has 0 saturated carbocycles. The topological polar surface area (TPSA) is 53.3 Å². The van der Waals surface area contributed by atoms with Gasteiger partial charge in [0.15, 0.2) is 0 Å². The molecule has 5 heteroatoms. The molecule has 130 valence electrons. The Labute approximate surface area is 144 Å².